The van der Waals surface area contributed by atoms with E-state index in [0.717, 1.165) is 30.8 Å². The van der Waals surface area contributed by atoms with Crippen molar-refractivity contribution >= 4 is 0 Å². The molecule has 0 radical (unpaired) electrons. The number of nitriles is 1. The second-order valence-corrected chi connectivity index (χ2v) is 7.44. The van der Waals surface area contributed by atoms with Gasteiger partial charge in [-0.25, -0.2) is 0 Å². The summed E-state index contributed by atoms with van der Waals surface area (Å²) in [5, 5.41) is 12.5. The Kier molecular flexibility index (Phi) is 8.18. The van der Waals surface area contributed by atoms with Crippen molar-refractivity contribution in [2.24, 2.45) is 11.8 Å². The summed E-state index contributed by atoms with van der Waals surface area (Å²) in [7, 11) is 0. The molecule has 1 N–H and O–H groups in total. The van der Waals surface area contributed by atoms with Crippen molar-refractivity contribution in [2.45, 2.75) is 40.2 Å². The van der Waals surface area contributed by atoms with Gasteiger partial charge in [0.1, 0.15) is 12.4 Å². The number of benzene rings is 2. The molecule has 0 heterocycles. The third-order valence-corrected chi connectivity index (χ3v) is 4.34. The summed E-state index contributed by atoms with van der Waals surface area (Å²) < 4.78 is 5.83. The lowest BCUT2D eigenvalue weighted by molar-refractivity contribution is 0.306. The summed E-state index contributed by atoms with van der Waals surface area (Å²) >= 11 is 0. The molecule has 0 bridgehead atoms. The quantitative estimate of drug-likeness (QED) is 0.617. The Hall–Kier alpha value is -2.31. The van der Waals surface area contributed by atoms with Crippen molar-refractivity contribution in [3.63, 3.8) is 0 Å². The Morgan fingerprint density at radius 3 is 2.50 bits per heavy atom. The van der Waals surface area contributed by atoms with E-state index >= 15 is 0 Å². The fourth-order valence-corrected chi connectivity index (χ4v) is 2.86. The largest absolute Gasteiger partial charge is 0.489 e. The van der Waals surface area contributed by atoms with Crippen LogP contribution >= 0.6 is 0 Å². The van der Waals surface area contributed by atoms with Gasteiger partial charge in [-0.15, -0.1) is 0 Å². The Labute approximate surface area is 158 Å². The van der Waals surface area contributed by atoms with Gasteiger partial charge in [-0.2, -0.15) is 5.26 Å². The van der Waals surface area contributed by atoms with Crippen molar-refractivity contribution < 1.29 is 4.74 Å². The topological polar surface area (TPSA) is 45.0 Å². The predicted octanol–water partition coefficient (Wildman–Crippen LogP) is 4.95. The van der Waals surface area contributed by atoms with E-state index in [9.17, 15) is 0 Å². The summed E-state index contributed by atoms with van der Waals surface area (Å²) in [6.07, 6.45) is 2.29. The van der Waals surface area contributed by atoms with Crippen LogP contribution in [0.2, 0.25) is 0 Å². The van der Waals surface area contributed by atoms with Crippen molar-refractivity contribution in [3.05, 3.63) is 65.2 Å². The molecule has 0 aliphatic rings. The summed E-state index contributed by atoms with van der Waals surface area (Å²) in [5.41, 5.74) is 3.02. The van der Waals surface area contributed by atoms with Gasteiger partial charge in [-0.05, 0) is 73.2 Å². The second-order valence-electron chi connectivity index (χ2n) is 7.44. The Bertz CT molecular complexity index is 701. The molecule has 0 fully saturated rings. The maximum Gasteiger partial charge on any atom is 0.119 e. The van der Waals surface area contributed by atoms with Crippen LogP contribution in [0.4, 0.5) is 0 Å². The van der Waals surface area contributed by atoms with Crippen molar-refractivity contribution in [3.8, 4) is 11.8 Å². The first kappa shape index (κ1) is 20.0. The average molecular weight is 351 g/mol. The fourth-order valence-electron chi connectivity index (χ4n) is 2.86. The highest BCUT2D eigenvalue weighted by atomic mass is 16.5. The van der Waals surface area contributed by atoms with Gasteiger partial charge in [0.15, 0.2) is 0 Å². The highest BCUT2D eigenvalue weighted by Gasteiger charge is 2.05. The first-order valence-electron chi connectivity index (χ1n) is 9.48. The van der Waals surface area contributed by atoms with Crippen LogP contribution in [0.1, 0.15) is 43.9 Å². The van der Waals surface area contributed by atoms with Gasteiger partial charge in [-0.1, -0.05) is 45.0 Å². The zero-order valence-corrected chi connectivity index (χ0v) is 16.2. The zero-order chi connectivity index (χ0) is 18.8. The molecule has 0 saturated heterocycles. The van der Waals surface area contributed by atoms with Crippen molar-refractivity contribution in [1.82, 2.24) is 5.32 Å². The summed E-state index contributed by atoms with van der Waals surface area (Å²) in [6.45, 7) is 9.44. The van der Waals surface area contributed by atoms with E-state index in [-0.39, 0.29) is 0 Å². The van der Waals surface area contributed by atoms with Gasteiger partial charge >= 0.3 is 0 Å². The lowest BCUT2D eigenvalue weighted by Gasteiger charge is -2.14. The van der Waals surface area contributed by atoms with Crippen LogP contribution in [0.5, 0.6) is 5.75 Å². The number of rotatable bonds is 10. The number of nitrogens with one attached hydrogen (secondary N) is 1. The highest BCUT2D eigenvalue weighted by molar-refractivity contribution is 5.33. The lowest BCUT2D eigenvalue weighted by Crippen LogP contribution is -2.22. The Morgan fingerprint density at radius 1 is 1.04 bits per heavy atom. The van der Waals surface area contributed by atoms with Crippen LogP contribution in [-0.2, 0) is 13.0 Å². The zero-order valence-electron chi connectivity index (χ0n) is 16.2. The summed E-state index contributed by atoms with van der Waals surface area (Å²) in [4.78, 5) is 0. The van der Waals surface area contributed by atoms with Gasteiger partial charge in [-0.3, -0.25) is 0 Å². The molecular formula is C23H30N2O. The normalized spacial score (nSPS) is 12.0. The van der Waals surface area contributed by atoms with E-state index in [1.54, 1.807) is 6.07 Å². The molecule has 1 unspecified atom stereocenters. The number of hydrogen-bond donors (Lipinski definition) is 1. The standard InChI is InChI=1S/C23H30N2O/c1-18(2)16-25-12-11-19(3)13-20-7-9-23(10-8-20)26-17-22-6-4-5-21(14-22)15-24/h4-10,14,18-19,25H,11-13,16-17H2,1-3H3. The van der Waals surface area contributed by atoms with Gasteiger partial charge in [0.25, 0.3) is 0 Å². The van der Waals surface area contributed by atoms with Crippen molar-refractivity contribution in [2.75, 3.05) is 13.1 Å². The third kappa shape index (κ3) is 7.29. The molecule has 1 atom stereocenters. The molecule has 0 aliphatic heterocycles. The van der Waals surface area contributed by atoms with Crippen LogP contribution in [0.3, 0.4) is 0 Å². The van der Waals surface area contributed by atoms with Crippen LogP contribution in [0.15, 0.2) is 48.5 Å². The van der Waals surface area contributed by atoms with E-state index < -0.39 is 0 Å². The molecule has 2 aromatic carbocycles. The Morgan fingerprint density at radius 2 is 1.81 bits per heavy atom. The molecule has 2 aromatic rings. The number of nitrogens with zero attached hydrogens (tertiary/aromatic N) is 1. The van der Waals surface area contributed by atoms with Gasteiger partial charge in [0, 0.05) is 0 Å². The van der Waals surface area contributed by atoms with E-state index in [1.165, 1.54) is 12.0 Å². The molecule has 0 saturated carbocycles. The average Bonchev–Trinajstić information content (AvgIpc) is 2.65. The fraction of sp³-hybridized carbons (Fsp3) is 0.435. The van der Waals surface area contributed by atoms with E-state index in [1.807, 2.05) is 30.3 Å². The van der Waals surface area contributed by atoms with Gasteiger partial charge in [0.2, 0.25) is 0 Å². The first-order chi connectivity index (χ1) is 12.6. The molecule has 0 aliphatic carbocycles. The van der Waals surface area contributed by atoms with Crippen LogP contribution in [0.25, 0.3) is 0 Å². The second kappa shape index (κ2) is 10.6. The molecule has 0 amide bonds. The predicted molar refractivity (Wildman–Crippen MR) is 107 cm³/mol. The van der Waals surface area contributed by atoms with E-state index in [0.29, 0.717) is 24.0 Å². The maximum atomic E-state index is 8.95. The smallest absolute Gasteiger partial charge is 0.119 e. The van der Waals surface area contributed by atoms with Gasteiger partial charge < -0.3 is 10.1 Å². The molecule has 3 heteroatoms. The molecular weight excluding hydrogens is 320 g/mol. The minimum Gasteiger partial charge on any atom is -0.489 e. The molecule has 2 rings (SSSR count). The van der Waals surface area contributed by atoms with E-state index in [4.69, 9.17) is 10.00 Å². The van der Waals surface area contributed by atoms with Crippen LogP contribution < -0.4 is 10.1 Å². The first-order valence-corrected chi connectivity index (χ1v) is 9.48. The third-order valence-electron chi connectivity index (χ3n) is 4.34. The maximum absolute atomic E-state index is 8.95. The summed E-state index contributed by atoms with van der Waals surface area (Å²) in [6, 6.07) is 18.1. The lowest BCUT2D eigenvalue weighted by atomic mass is 9.98. The monoisotopic (exact) mass is 350 g/mol. The highest BCUT2D eigenvalue weighted by Crippen LogP contribution is 2.18. The molecule has 0 aromatic heterocycles. The SMILES string of the molecule is CC(C)CNCCC(C)Cc1ccc(OCc2cccc(C#N)c2)cc1. The minimum absolute atomic E-state index is 0.479. The molecule has 0 spiro atoms. The minimum atomic E-state index is 0.479. The number of hydrogen-bond acceptors (Lipinski definition) is 3. The molecule has 26 heavy (non-hydrogen) atoms. The number of ether oxygens (including phenoxy) is 1. The molecule has 3 nitrogen and oxygen atoms in total. The van der Waals surface area contributed by atoms with Crippen LogP contribution in [-0.4, -0.2) is 13.1 Å². The molecule has 138 valence electrons. The Balaban J connectivity index is 1.76. The summed E-state index contributed by atoms with van der Waals surface area (Å²) in [5.74, 6) is 2.23. The van der Waals surface area contributed by atoms with Crippen LogP contribution in [0, 0.1) is 23.2 Å². The van der Waals surface area contributed by atoms with Gasteiger partial charge in [0.05, 0.1) is 11.6 Å². The van der Waals surface area contributed by atoms with Crippen molar-refractivity contribution in [1.29, 1.82) is 5.26 Å². The van der Waals surface area contributed by atoms with E-state index in [2.05, 4.69) is 44.3 Å².